The SMILES string of the molecule is O=C(O)C(F)(F)F.O=C(O)C(F)(F)F.c1ccc(NC[C@H]2CO[C@@H]3CN(Cc4ccsc4)C[C@H]23)nc1. The summed E-state index contributed by atoms with van der Waals surface area (Å²) in [7, 11) is 0. The molecule has 0 aliphatic carbocycles. The molecule has 15 heteroatoms. The molecule has 2 aliphatic rings. The Morgan fingerprint density at radius 3 is 2.22 bits per heavy atom. The lowest BCUT2D eigenvalue weighted by Gasteiger charge is -2.19. The number of hydrogen-bond donors (Lipinski definition) is 3. The summed E-state index contributed by atoms with van der Waals surface area (Å²) in [5.74, 6) is -3.33. The zero-order valence-electron chi connectivity index (χ0n) is 18.5. The van der Waals surface area contributed by atoms with Crippen LogP contribution in [0.15, 0.2) is 41.2 Å². The van der Waals surface area contributed by atoms with Gasteiger partial charge in [0, 0.05) is 44.2 Å². The molecule has 0 radical (unpaired) electrons. The van der Waals surface area contributed by atoms with E-state index in [9.17, 15) is 26.3 Å². The molecule has 3 N–H and O–H groups in total. The van der Waals surface area contributed by atoms with E-state index in [1.54, 1.807) is 11.3 Å². The fourth-order valence-corrected chi connectivity index (χ4v) is 4.22. The third-order valence-corrected chi connectivity index (χ3v) is 5.93. The highest BCUT2D eigenvalue weighted by atomic mass is 32.1. The minimum atomic E-state index is -5.08. The maximum absolute atomic E-state index is 10.6. The van der Waals surface area contributed by atoms with Crippen molar-refractivity contribution in [2.45, 2.75) is 25.0 Å². The van der Waals surface area contributed by atoms with E-state index in [0.29, 0.717) is 17.9 Å². The molecule has 36 heavy (non-hydrogen) atoms. The molecule has 4 rings (SSSR count). The van der Waals surface area contributed by atoms with Gasteiger partial charge in [-0.1, -0.05) is 6.07 Å². The number of hydrogen-bond acceptors (Lipinski definition) is 7. The normalized spacial score (nSPS) is 21.4. The third kappa shape index (κ3) is 9.62. The quantitative estimate of drug-likeness (QED) is 0.486. The highest BCUT2D eigenvalue weighted by Crippen LogP contribution is 2.34. The second-order valence-electron chi connectivity index (χ2n) is 7.82. The lowest BCUT2D eigenvalue weighted by molar-refractivity contribution is -0.193. The first-order valence-electron chi connectivity index (χ1n) is 10.4. The van der Waals surface area contributed by atoms with Gasteiger partial charge in [-0.15, -0.1) is 0 Å². The maximum atomic E-state index is 10.6. The van der Waals surface area contributed by atoms with Crippen LogP contribution >= 0.6 is 11.3 Å². The Hall–Kier alpha value is -2.91. The van der Waals surface area contributed by atoms with Crippen molar-refractivity contribution in [3.05, 3.63) is 46.8 Å². The van der Waals surface area contributed by atoms with Crippen molar-refractivity contribution in [1.82, 2.24) is 9.88 Å². The molecule has 4 heterocycles. The van der Waals surface area contributed by atoms with Gasteiger partial charge in [-0.3, -0.25) is 4.90 Å². The first-order chi connectivity index (χ1) is 16.8. The molecule has 2 saturated heterocycles. The molecule has 2 fully saturated rings. The van der Waals surface area contributed by atoms with E-state index < -0.39 is 24.3 Å². The fraction of sp³-hybridized carbons (Fsp3) is 0.476. The van der Waals surface area contributed by atoms with Crippen LogP contribution in [0.4, 0.5) is 32.2 Å². The highest BCUT2D eigenvalue weighted by Gasteiger charge is 2.43. The van der Waals surface area contributed by atoms with E-state index in [1.807, 2.05) is 24.4 Å². The van der Waals surface area contributed by atoms with Crippen LogP contribution in [0.3, 0.4) is 0 Å². The van der Waals surface area contributed by atoms with Crippen molar-refractivity contribution in [3.63, 3.8) is 0 Å². The van der Waals surface area contributed by atoms with Crippen LogP contribution < -0.4 is 5.32 Å². The second kappa shape index (κ2) is 12.9. The molecule has 0 bridgehead atoms. The van der Waals surface area contributed by atoms with E-state index in [1.165, 1.54) is 5.56 Å². The van der Waals surface area contributed by atoms with Gasteiger partial charge < -0.3 is 20.3 Å². The zero-order chi connectivity index (χ0) is 26.9. The predicted octanol–water partition coefficient (Wildman–Crippen LogP) is 3.97. The number of aliphatic carboxylic acids is 2. The number of alkyl halides is 6. The maximum Gasteiger partial charge on any atom is 0.490 e. The fourth-order valence-electron chi connectivity index (χ4n) is 3.56. The van der Waals surface area contributed by atoms with Gasteiger partial charge >= 0.3 is 24.3 Å². The number of likely N-dealkylation sites (tertiary alicyclic amines) is 1. The number of rotatable bonds is 5. The summed E-state index contributed by atoms with van der Waals surface area (Å²) < 4.78 is 69.5. The van der Waals surface area contributed by atoms with Crippen LogP contribution in [-0.2, 0) is 20.9 Å². The lowest BCUT2D eigenvalue weighted by Crippen LogP contribution is -2.27. The summed E-state index contributed by atoms with van der Waals surface area (Å²) in [6.07, 6.45) is -7.93. The average molecular weight is 543 g/mol. The number of aromatic nitrogens is 1. The Labute approximate surface area is 205 Å². The van der Waals surface area contributed by atoms with E-state index in [4.69, 9.17) is 24.5 Å². The number of anilines is 1. The molecule has 0 unspecified atom stereocenters. The number of carboxylic acid groups (broad SMARTS) is 2. The van der Waals surface area contributed by atoms with Gasteiger partial charge in [-0.05, 0) is 34.5 Å². The van der Waals surface area contributed by atoms with Crippen molar-refractivity contribution in [1.29, 1.82) is 0 Å². The van der Waals surface area contributed by atoms with E-state index in [-0.39, 0.29) is 0 Å². The van der Waals surface area contributed by atoms with E-state index in [0.717, 1.165) is 38.6 Å². The minimum absolute atomic E-state index is 0.411. The van der Waals surface area contributed by atoms with Crippen molar-refractivity contribution >= 4 is 29.1 Å². The molecular weight excluding hydrogens is 520 g/mol. The van der Waals surface area contributed by atoms with Crippen LogP contribution in [0.25, 0.3) is 0 Å². The molecule has 200 valence electrons. The number of pyridine rings is 1. The van der Waals surface area contributed by atoms with Gasteiger partial charge in [0.25, 0.3) is 0 Å². The summed E-state index contributed by atoms with van der Waals surface area (Å²) in [5, 5.41) is 22.1. The molecular formula is C21H23F6N3O5S. The monoisotopic (exact) mass is 543 g/mol. The Bertz CT molecular complexity index is 935. The van der Waals surface area contributed by atoms with Crippen molar-refractivity contribution in [2.75, 3.05) is 31.6 Å². The average Bonchev–Trinajstić information content (AvgIpc) is 3.51. The Morgan fingerprint density at radius 2 is 1.72 bits per heavy atom. The van der Waals surface area contributed by atoms with Crippen LogP contribution in [0.5, 0.6) is 0 Å². The number of fused-ring (bicyclic) bond motifs is 1. The standard InChI is InChI=1S/C17H21N3OS.2C2HF3O2/c1-2-5-18-17(3-1)19-7-14-11-21-16-10-20(9-15(14)16)8-13-4-6-22-12-13;2*3-2(4,5)1(6)7/h1-6,12,14-16H,7-11H2,(H,18,19);2*(H,6,7)/t14-,15+,16+;;/m0../s1. The minimum Gasteiger partial charge on any atom is -0.475 e. The molecule has 0 aromatic carbocycles. The van der Waals surface area contributed by atoms with Gasteiger partial charge in [-0.25, -0.2) is 14.6 Å². The Balaban J connectivity index is 0.000000271. The van der Waals surface area contributed by atoms with Crippen molar-refractivity contribution in [3.8, 4) is 0 Å². The van der Waals surface area contributed by atoms with Crippen molar-refractivity contribution < 1.29 is 50.9 Å². The summed E-state index contributed by atoms with van der Waals surface area (Å²) >= 11 is 1.78. The number of nitrogens with one attached hydrogen (secondary N) is 1. The largest absolute Gasteiger partial charge is 0.490 e. The lowest BCUT2D eigenvalue weighted by atomic mass is 9.93. The third-order valence-electron chi connectivity index (χ3n) is 5.20. The van der Waals surface area contributed by atoms with E-state index in [2.05, 4.69) is 32.0 Å². The number of halogens is 6. The smallest absolute Gasteiger partial charge is 0.475 e. The Kier molecular flexibility index (Phi) is 10.5. The number of carbonyl (C=O) groups is 2. The molecule has 2 aromatic rings. The molecule has 0 amide bonds. The number of carboxylic acids is 2. The van der Waals surface area contributed by atoms with Crippen LogP contribution in [0, 0.1) is 11.8 Å². The topological polar surface area (TPSA) is 112 Å². The molecule has 2 aliphatic heterocycles. The molecule has 3 atom stereocenters. The summed E-state index contributed by atoms with van der Waals surface area (Å²) in [4.78, 5) is 24.7. The molecule has 2 aromatic heterocycles. The van der Waals surface area contributed by atoms with Crippen LogP contribution in [0.1, 0.15) is 5.56 Å². The predicted molar refractivity (Wildman–Crippen MR) is 116 cm³/mol. The molecule has 0 saturated carbocycles. The molecule has 8 nitrogen and oxygen atoms in total. The first kappa shape index (κ1) is 29.3. The highest BCUT2D eigenvalue weighted by molar-refractivity contribution is 7.07. The second-order valence-corrected chi connectivity index (χ2v) is 8.60. The molecule has 0 spiro atoms. The van der Waals surface area contributed by atoms with Gasteiger partial charge in [-0.2, -0.15) is 37.7 Å². The van der Waals surface area contributed by atoms with Gasteiger partial charge in [0.2, 0.25) is 0 Å². The van der Waals surface area contributed by atoms with Gasteiger partial charge in [0.05, 0.1) is 12.7 Å². The zero-order valence-corrected chi connectivity index (χ0v) is 19.3. The summed E-state index contributed by atoms with van der Waals surface area (Å²) in [6.45, 7) is 5.10. The number of nitrogens with zero attached hydrogens (tertiary/aromatic N) is 2. The van der Waals surface area contributed by atoms with Crippen molar-refractivity contribution in [2.24, 2.45) is 11.8 Å². The summed E-state index contributed by atoms with van der Waals surface area (Å²) in [6, 6.07) is 8.20. The van der Waals surface area contributed by atoms with E-state index >= 15 is 0 Å². The number of thiophene rings is 1. The first-order valence-corrected chi connectivity index (χ1v) is 11.3. The number of ether oxygens (including phenoxy) is 1. The van der Waals surface area contributed by atoms with Crippen LogP contribution in [-0.4, -0.2) is 76.7 Å². The Morgan fingerprint density at radius 1 is 1.08 bits per heavy atom. The summed E-state index contributed by atoms with van der Waals surface area (Å²) in [5.41, 5.74) is 1.42. The van der Waals surface area contributed by atoms with Gasteiger partial charge in [0.15, 0.2) is 0 Å². The van der Waals surface area contributed by atoms with Crippen LogP contribution in [0.2, 0.25) is 0 Å². The van der Waals surface area contributed by atoms with Gasteiger partial charge in [0.1, 0.15) is 5.82 Å².